The van der Waals surface area contributed by atoms with Gasteiger partial charge in [-0.15, -0.1) is 5.10 Å². The van der Waals surface area contributed by atoms with Gasteiger partial charge >= 0.3 is 5.97 Å². The Bertz CT molecular complexity index is 1370. The van der Waals surface area contributed by atoms with Crippen LogP contribution in [0.15, 0.2) is 48.7 Å². The molecule has 0 aliphatic heterocycles. The summed E-state index contributed by atoms with van der Waals surface area (Å²) in [6, 6.07) is 10.6. The largest absolute Gasteiger partial charge is 0.481 e. The van der Waals surface area contributed by atoms with Crippen LogP contribution in [0.5, 0.6) is 0 Å². The normalized spacial score (nSPS) is 11.5. The van der Waals surface area contributed by atoms with Crippen LogP contribution in [0.25, 0.3) is 22.6 Å². The van der Waals surface area contributed by atoms with Crippen LogP contribution in [0.1, 0.15) is 31.7 Å². The van der Waals surface area contributed by atoms with E-state index in [4.69, 9.17) is 10.8 Å². The molecule has 0 saturated heterocycles. The van der Waals surface area contributed by atoms with Crippen LogP contribution in [-0.2, 0) is 16.8 Å². The molecule has 4 aromatic rings. The SMILES string of the molecule is CC(C)(CC(=O)O)c1cccc(Cn2cc(-c3cc(-c4cccc(F)c4F)nc(N)n3)nn2)n1. The maximum absolute atomic E-state index is 14.2. The number of nitrogens with zero attached hydrogens (tertiary/aromatic N) is 6. The molecule has 1 aromatic carbocycles. The molecule has 3 heterocycles. The molecule has 0 fully saturated rings. The van der Waals surface area contributed by atoms with Crippen molar-refractivity contribution in [2.24, 2.45) is 0 Å². The number of carboxylic acids is 1. The van der Waals surface area contributed by atoms with Crippen molar-refractivity contribution < 1.29 is 18.7 Å². The first-order valence-electron chi connectivity index (χ1n) is 10.3. The minimum absolute atomic E-state index is 0.0484. The Morgan fingerprint density at radius 1 is 1.06 bits per heavy atom. The van der Waals surface area contributed by atoms with Gasteiger partial charge in [0.15, 0.2) is 11.6 Å². The van der Waals surface area contributed by atoms with Crippen molar-refractivity contribution in [1.82, 2.24) is 29.9 Å². The van der Waals surface area contributed by atoms with E-state index in [0.717, 1.165) is 6.07 Å². The van der Waals surface area contributed by atoms with E-state index in [-0.39, 0.29) is 30.2 Å². The third kappa shape index (κ3) is 4.87. The summed E-state index contributed by atoms with van der Waals surface area (Å²) in [5.74, 6) is -3.06. The molecule has 0 aliphatic rings. The monoisotopic (exact) mass is 465 g/mol. The van der Waals surface area contributed by atoms with Gasteiger partial charge in [0.2, 0.25) is 5.95 Å². The second-order valence-electron chi connectivity index (χ2n) is 8.37. The van der Waals surface area contributed by atoms with E-state index in [0.29, 0.717) is 22.8 Å². The van der Waals surface area contributed by atoms with Crippen molar-refractivity contribution in [2.75, 3.05) is 5.73 Å². The highest BCUT2D eigenvalue weighted by Gasteiger charge is 2.26. The Labute approximate surface area is 193 Å². The predicted molar refractivity (Wildman–Crippen MR) is 119 cm³/mol. The molecule has 0 atom stereocenters. The van der Waals surface area contributed by atoms with Crippen LogP contribution in [0.3, 0.4) is 0 Å². The number of hydrogen-bond acceptors (Lipinski definition) is 7. The maximum Gasteiger partial charge on any atom is 0.304 e. The van der Waals surface area contributed by atoms with E-state index in [9.17, 15) is 13.6 Å². The molecule has 0 spiro atoms. The fourth-order valence-electron chi connectivity index (χ4n) is 3.51. The molecule has 0 unspecified atom stereocenters. The molecule has 0 saturated carbocycles. The number of nitrogen functional groups attached to an aromatic ring is 1. The summed E-state index contributed by atoms with van der Waals surface area (Å²) in [6.07, 6.45) is 1.56. The second kappa shape index (κ2) is 8.93. The van der Waals surface area contributed by atoms with Crippen LogP contribution >= 0.6 is 0 Å². The lowest BCUT2D eigenvalue weighted by atomic mass is 9.85. The zero-order chi connectivity index (χ0) is 24.5. The van der Waals surface area contributed by atoms with Crippen LogP contribution < -0.4 is 5.73 Å². The fourth-order valence-corrected chi connectivity index (χ4v) is 3.51. The van der Waals surface area contributed by atoms with Gasteiger partial charge in [-0.25, -0.2) is 23.4 Å². The zero-order valence-corrected chi connectivity index (χ0v) is 18.4. The summed E-state index contributed by atoms with van der Waals surface area (Å²) in [7, 11) is 0. The van der Waals surface area contributed by atoms with Gasteiger partial charge in [-0.2, -0.15) is 0 Å². The molecule has 9 nitrogen and oxygen atoms in total. The number of hydrogen-bond donors (Lipinski definition) is 2. The first-order chi connectivity index (χ1) is 16.1. The van der Waals surface area contributed by atoms with Gasteiger partial charge in [0.25, 0.3) is 0 Å². The molecular formula is C23H21F2N7O2. The number of carbonyl (C=O) groups is 1. The zero-order valence-electron chi connectivity index (χ0n) is 18.4. The molecule has 174 valence electrons. The quantitative estimate of drug-likeness (QED) is 0.424. The molecule has 0 aliphatic carbocycles. The molecule has 34 heavy (non-hydrogen) atoms. The van der Waals surface area contributed by atoms with Gasteiger partial charge < -0.3 is 10.8 Å². The molecule has 4 rings (SSSR count). The molecule has 0 amide bonds. The maximum atomic E-state index is 14.2. The molecule has 0 bridgehead atoms. The van der Waals surface area contributed by atoms with Crippen molar-refractivity contribution in [3.63, 3.8) is 0 Å². The first-order valence-corrected chi connectivity index (χ1v) is 10.3. The second-order valence-corrected chi connectivity index (χ2v) is 8.37. The summed E-state index contributed by atoms with van der Waals surface area (Å²) < 4.78 is 29.4. The summed E-state index contributed by atoms with van der Waals surface area (Å²) in [6.45, 7) is 3.91. The van der Waals surface area contributed by atoms with Gasteiger partial charge in [0.1, 0.15) is 5.69 Å². The number of anilines is 1. The number of nitrogens with two attached hydrogens (primary N) is 1. The van der Waals surface area contributed by atoms with Crippen molar-refractivity contribution in [3.05, 3.63) is 71.7 Å². The molecule has 11 heteroatoms. The van der Waals surface area contributed by atoms with Crippen molar-refractivity contribution >= 4 is 11.9 Å². The van der Waals surface area contributed by atoms with Crippen LogP contribution in [0.2, 0.25) is 0 Å². The fraction of sp³-hybridized carbons (Fsp3) is 0.217. The smallest absolute Gasteiger partial charge is 0.304 e. The Hall–Kier alpha value is -4.28. The van der Waals surface area contributed by atoms with Crippen LogP contribution in [0.4, 0.5) is 14.7 Å². The van der Waals surface area contributed by atoms with E-state index in [1.165, 1.54) is 22.9 Å². The van der Waals surface area contributed by atoms with Crippen molar-refractivity contribution in [2.45, 2.75) is 32.2 Å². The predicted octanol–water partition coefficient (Wildman–Crippen LogP) is 3.46. The lowest BCUT2D eigenvalue weighted by molar-refractivity contribution is -0.138. The summed E-state index contributed by atoms with van der Waals surface area (Å²) in [4.78, 5) is 23.9. The average molecular weight is 465 g/mol. The third-order valence-corrected chi connectivity index (χ3v) is 5.19. The van der Waals surface area contributed by atoms with E-state index in [1.807, 2.05) is 19.9 Å². The highest BCUT2D eigenvalue weighted by molar-refractivity contribution is 5.69. The number of halogens is 2. The van der Waals surface area contributed by atoms with Crippen LogP contribution in [0, 0.1) is 11.6 Å². The number of carboxylic acid groups (broad SMARTS) is 1. The van der Waals surface area contributed by atoms with E-state index in [2.05, 4.69) is 25.3 Å². The van der Waals surface area contributed by atoms with Gasteiger partial charge in [-0.3, -0.25) is 9.78 Å². The topological polar surface area (TPSA) is 133 Å². The number of benzene rings is 1. The Morgan fingerprint density at radius 2 is 1.79 bits per heavy atom. The van der Waals surface area contributed by atoms with Crippen molar-refractivity contribution in [3.8, 4) is 22.6 Å². The summed E-state index contributed by atoms with van der Waals surface area (Å²) in [5, 5.41) is 17.3. The number of aromatic nitrogens is 6. The summed E-state index contributed by atoms with van der Waals surface area (Å²) in [5.41, 5.74) is 7.19. The Morgan fingerprint density at radius 3 is 2.56 bits per heavy atom. The van der Waals surface area contributed by atoms with Crippen LogP contribution in [-0.4, -0.2) is 41.0 Å². The lowest BCUT2D eigenvalue weighted by Crippen LogP contribution is -2.23. The molecular weight excluding hydrogens is 444 g/mol. The van der Waals surface area contributed by atoms with Gasteiger partial charge in [0.05, 0.1) is 36.2 Å². The highest BCUT2D eigenvalue weighted by atomic mass is 19.2. The van der Waals surface area contributed by atoms with E-state index >= 15 is 0 Å². The van der Waals surface area contributed by atoms with E-state index < -0.39 is 23.0 Å². The minimum atomic E-state index is -1.04. The summed E-state index contributed by atoms with van der Waals surface area (Å²) >= 11 is 0. The Balaban J connectivity index is 1.60. The van der Waals surface area contributed by atoms with Crippen molar-refractivity contribution in [1.29, 1.82) is 0 Å². The molecule has 3 aromatic heterocycles. The Kier molecular flexibility index (Phi) is 6.01. The van der Waals surface area contributed by atoms with Gasteiger partial charge in [0, 0.05) is 16.7 Å². The third-order valence-electron chi connectivity index (χ3n) is 5.19. The molecule has 3 N–H and O–H groups in total. The average Bonchev–Trinajstić information content (AvgIpc) is 3.23. The van der Waals surface area contributed by atoms with E-state index in [1.54, 1.807) is 18.3 Å². The standard InChI is InChI=1S/C23H21F2N7O2/c1-23(2,10-20(33)34)19-8-3-5-13(27-19)11-32-12-18(30-31-32)17-9-16(28-22(26)29-17)14-6-4-7-15(24)21(14)25/h3-9,12H,10-11H2,1-2H3,(H,33,34)(H2,26,28,29). The van der Waals surface area contributed by atoms with Gasteiger partial charge in [-0.05, 0) is 30.3 Å². The lowest BCUT2D eigenvalue weighted by Gasteiger charge is -2.22. The minimum Gasteiger partial charge on any atom is -0.481 e. The number of pyridine rings is 1. The number of aliphatic carboxylic acids is 1. The highest BCUT2D eigenvalue weighted by Crippen LogP contribution is 2.27. The molecule has 0 radical (unpaired) electrons. The van der Waals surface area contributed by atoms with Gasteiger partial charge in [-0.1, -0.05) is 31.2 Å². The first kappa shape index (κ1) is 22.9. The number of rotatable bonds is 7.